The Kier molecular flexibility index (Phi) is 2.89. The van der Waals surface area contributed by atoms with Crippen LogP contribution >= 0.6 is 0 Å². The molecule has 1 aromatic rings. The lowest BCUT2D eigenvalue weighted by molar-refractivity contribution is -0.135. The van der Waals surface area contributed by atoms with Crippen molar-refractivity contribution in [2.45, 2.75) is 33.6 Å². The molecule has 0 spiro atoms. The normalized spacial score (nSPS) is 16.8. The van der Waals surface area contributed by atoms with Crippen LogP contribution in [0.3, 0.4) is 0 Å². The number of benzene rings is 1. The molecule has 0 radical (unpaired) electrons. The Balaban J connectivity index is 1.95. The lowest BCUT2D eigenvalue weighted by atomic mass is 10.1. The summed E-state index contributed by atoms with van der Waals surface area (Å²) in [7, 11) is 0. The molecule has 1 aliphatic heterocycles. The number of rotatable bonds is 2. The lowest BCUT2D eigenvalue weighted by Gasteiger charge is -2.09. The van der Waals surface area contributed by atoms with Crippen LogP contribution in [0, 0.1) is 12.8 Å². The third kappa shape index (κ3) is 2.01. The molecular formula is C16H16O4. The van der Waals surface area contributed by atoms with Crippen molar-refractivity contribution in [2.24, 2.45) is 5.92 Å². The second-order valence-electron chi connectivity index (χ2n) is 5.52. The van der Waals surface area contributed by atoms with Crippen LogP contribution in [0.15, 0.2) is 23.5 Å². The molecule has 0 unspecified atom stereocenters. The lowest BCUT2D eigenvalue weighted by Crippen LogP contribution is -2.10. The number of Topliss-reactive ketones (excluding diaryl/α,β-unsaturated/α-hetero) is 1. The molecule has 3 rings (SSSR count). The Morgan fingerprint density at radius 2 is 2.00 bits per heavy atom. The van der Waals surface area contributed by atoms with Gasteiger partial charge in [0.2, 0.25) is 5.78 Å². The number of esters is 1. The quantitative estimate of drug-likeness (QED) is 0.471. The summed E-state index contributed by atoms with van der Waals surface area (Å²) in [6, 6.07) is 3.33. The minimum atomic E-state index is -0.195. The van der Waals surface area contributed by atoms with Gasteiger partial charge in [0.05, 0.1) is 11.5 Å². The van der Waals surface area contributed by atoms with Gasteiger partial charge in [-0.05, 0) is 51.3 Å². The highest BCUT2D eigenvalue weighted by molar-refractivity contribution is 6.13. The molecule has 1 aliphatic carbocycles. The summed E-state index contributed by atoms with van der Waals surface area (Å²) in [5.74, 6) is 1.09. The first kappa shape index (κ1) is 12.9. The predicted molar refractivity (Wildman–Crippen MR) is 72.9 cm³/mol. The summed E-state index contributed by atoms with van der Waals surface area (Å²) >= 11 is 0. The molecule has 20 heavy (non-hydrogen) atoms. The highest BCUT2D eigenvalue weighted by atomic mass is 16.5. The monoisotopic (exact) mass is 272 g/mol. The molecular weight excluding hydrogens is 256 g/mol. The van der Waals surface area contributed by atoms with E-state index in [9.17, 15) is 9.59 Å². The van der Waals surface area contributed by atoms with Crippen LogP contribution in [0.5, 0.6) is 11.5 Å². The van der Waals surface area contributed by atoms with E-state index in [0.717, 1.165) is 18.4 Å². The summed E-state index contributed by atoms with van der Waals surface area (Å²) in [6.07, 6.45) is 1.81. The van der Waals surface area contributed by atoms with E-state index in [1.807, 2.05) is 13.8 Å². The maximum atomic E-state index is 12.2. The second kappa shape index (κ2) is 4.47. The number of fused-ring (bicyclic) bond motifs is 1. The van der Waals surface area contributed by atoms with Crippen molar-refractivity contribution in [1.29, 1.82) is 0 Å². The first-order valence-electron chi connectivity index (χ1n) is 6.74. The summed E-state index contributed by atoms with van der Waals surface area (Å²) in [6.45, 7) is 5.47. The molecule has 104 valence electrons. The topological polar surface area (TPSA) is 52.6 Å². The fourth-order valence-electron chi connectivity index (χ4n) is 2.21. The molecule has 0 saturated heterocycles. The van der Waals surface area contributed by atoms with Crippen LogP contribution < -0.4 is 9.47 Å². The van der Waals surface area contributed by atoms with Crippen LogP contribution in [0.25, 0.3) is 0 Å². The Morgan fingerprint density at radius 1 is 1.30 bits per heavy atom. The maximum absolute atomic E-state index is 12.2. The molecule has 0 N–H and O–H groups in total. The summed E-state index contributed by atoms with van der Waals surface area (Å²) in [4.78, 5) is 23.9. The molecule has 1 heterocycles. The molecule has 0 atom stereocenters. The van der Waals surface area contributed by atoms with Gasteiger partial charge in [-0.15, -0.1) is 0 Å². The first-order valence-corrected chi connectivity index (χ1v) is 6.74. The van der Waals surface area contributed by atoms with E-state index in [0.29, 0.717) is 28.4 Å². The second-order valence-corrected chi connectivity index (χ2v) is 5.52. The van der Waals surface area contributed by atoms with Gasteiger partial charge < -0.3 is 9.47 Å². The molecule has 2 aliphatic rings. The van der Waals surface area contributed by atoms with Gasteiger partial charge in [0.15, 0.2) is 5.76 Å². The van der Waals surface area contributed by atoms with Crippen LogP contribution in [0.2, 0.25) is 0 Å². The average molecular weight is 272 g/mol. The van der Waals surface area contributed by atoms with Gasteiger partial charge in [-0.1, -0.05) is 0 Å². The number of ether oxygens (including phenoxy) is 2. The molecule has 0 bridgehead atoms. The number of allylic oxidation sites excluding steroid dienone is 2. The minimum Gasteiger partial charge on any atom is -0.452 e. The van der Waals surface area contributed by atoms with Gasteiger partial charge in [-0.3, -0.25) is 9.59 Å². The molecule has 0 aromatic heterocycles. The summed E-state index contributed by atoms with van der Waals surface area (Å²) < 4.78 is 11.0. The zero-order valence-electron chi connectivity index (χ0n) is 11.8. The SMILES string of the molecule is CC(C)=C1Oc2c(ccc(OC(=O)C3CC3)c2C)C1=O. The van der Waals surface area contributed by atoms with E-state index >= 15 is 0 Å². The maximum Gasteiger partial charge on any atom is 0.314 e. The van der Waals surface area contributed by atoms with E-state index in [-0.39, 0.29) is 17.7 Å². The molecule has 0 amide bonds. The Hall–Kier alpha value is -2.10. The predicted octanol–water partition coefficient (Wildman–Crippen LogP) is 3.18. The molecule has 1 saturated carbocycles. The van der Waals surface area contributed by atoms with E-state index in [1.54, 1.807) is 19.1 Å². The third-order valence-electron chi connectivity index (χ3n) is 3.59. The zero-order valence-corrected chi connectivity index (χ0v) is 11.8. The number of ketones is 1. The van der Waals surface area contributed by atoms with Gasteiger partial charge >= 0.3 is 5.97 Å². The molecule has 1 aromatic carbocycles. The Bertz CT molecular complexity index is 647. The summed E-state index contributed by atoms with van der Waals surface area (Å²) in [5.41, 5.74) is 2.06. The fraction of sp³-hybridized carbons (Fsp3) is 0.375. The highest BCUT2D eigenvalue weighted by Crippen LogP contribution is 2.40. The molecule has 1 fully saturated rings. The van der Waals surface area contributed by atoms with Crippen LogP contribution in [0.4, 0.5) is 0 Å². The molecule has 4 heteroatoms. The van der Waals surface area contributed by atoms with E-state index in [2.05, 4.69) is 0 Å². The van der Waals surface area contributed by atoms with E-state index < -0.39 is 0 Å². The Morgan fingerprint density at radius 3 is 2.60 bits per heavy atom. The number of carbonyl (C=O) groups excluding carboxylic acids is 2. The Labute approximate surface area is 117 Å². The van der Waals surface area contributed by atoms with Crippen LogP contribution in [-0.2, 0) is 4.79 Å². The largest absolute Gasteiger partial charge is 0.452 e. The first-order chi connectivity index (χ1) is 9.49. The minimum absolute atomic E-state index is 0.0403. The van der Waals surface area contributed by atoms with Gasteiger partial charge in [0.1, 0.15) is 11.5 Å². The zero-order chi connectivity index (χ0) is 14.4. The number of carbonyl (C=O) groups is 2. The number of hydrogen-bond acceptors (Lipinski definition) is 4. The third-order valence-corrected chi connectivity index (χ3v) is 3.59. The van der Waals surface area contributed by atoms with Crippen molar-refractivity contribution in [3.05, 3.63) is 34.6 Å². The van der Waals surface area contributed by atoms with Crippen molar-refractivity contribution in [3.8, 4) is 11.5 Å². The number of hydrogen-bond donors (Lipinski definition) is 0. The van der Waals surface area contributed by atoms with Crippen molar-refractivity contribution in [1.82, 2.24) is 0 Å². The summed E-state index contributed by atoms with van der Waals surface area (Å²) in [5, 5.41) is 0. The van der Waals surface area contributed by atoms with Crippen LogP contribution in [0.1, 0.15) is 42.6 Å². The van der Waals surface area contributed by atoms with Crippen molar-refractivity contribution in [3.63, 3.8) is 0 Å². The van der Waals surface area contributed by atoms with Gasteiger partial charge in [0.25, 0.3) is 0 Å². The standard InChI is InChI=1S/C16H16O4/c1-8(2)14-13(17)11-6-7-12(9(3)15(11)20-14)19-16(18)10-4-5-10/h6-7,10H,4-5H2,1-3H3. The van der Waals surface area contributed by atoms with Crippen LogP contribution in [-0.4, -0.2) is 11.8 Å². The fourth-order valence-corrected chi connectivity index (χ4v) is 2.21. The van der Waals surface area contributed by atoms with Gasteiger partial charge in [-0.25, -0.2) is 0 Å². The average Bonchev–Trinajstić information content (AvgIpc) is 3.18. The van der Waals surface area contributed by atoms with Crippen molar-refractivity contribution >= 4 is 11.8 Å². The smallest absolute Gasteiger partial charge is 0.314 e. The molecule has 4 nitrogen and oxygen atoms in total. The van der Waals surface area contributed by atoms with Gasteiger partial charge in [0, 0.05) is 5.56 Å². The van der Waals surface area contributed by atoms with Gasteiger partial charge in [-0.2, -0.15) is 0 Å². The van der Waals surface area contributed by atoms with E-state index in [1.165, 1.54) is 0 Å². The van der Waals surface area contributed by atoms with Crippen molar-refractivity contribution < 1.29 is 19.1 Å². The van der Waals surface area contributed by atoms with E-state index in [4.69, 9.17) is 9.47 Å². The van der Waals surface area contributed by atoms with Crippen molar-refractivity contribution in [2.75, 3.05) is 0 Å². The highest BCUT2D eigenvalue weighted by Gasteiger charge is 2.34.